The summed E-state index contributed by atoms with van der Waals surface area (Å²) in [7, 11) is 5.85. The first kappa shape index (κ1) is 19.0. The van der Waals surface area contributed by atoms with Gasteiger partial charge in [0.15, 0.2) is 0 Å². The number of hydrogen-bond acceptors (Lipinski definition) is 4. The highest BCUT2D eigenvalue weighted by molar-refractivity contribution is 5.99. The molecule has 2 aromatic rings. The number of anilines is 2. The summed E-state index contributed by atoms with van der Waals surface area (Å²) in [5.41, 5.74) is 1.65. The smallest absolute Gasteiger partial charge is 0.308 e. The Balaban J connectivity index is 1.87. The van der Waals surface area contributed by atoms with Crippen LogP contribution in [0.25, 0.3) is 0 Å². The first-order valence-electron chi connectivity index (χ1n) is 8.61. The van der Waals surface area contributed by atoms with Crippen molar-refractivity contribution in [3.8, 4) is 0 Å². The molecule has 0 aliphatic rings. The molecule has 8 heteroatoms. The lowest BCUT2D eigenvalue weighted by molar-refractivity contribution is 0.262. The lowest BCUT2D eigenvalue weighted by Crippen LogP contribution is -2.21. The third-order valence-corrected chi connectivity index (χ3v) is 3.82. The van der Waals surface area contributed by atoms with Crippen molar-refractivity contribution in [3.05, 3.63) is 24.2 Å². The Bertz CT molecular complexity index is 687. The van der Waals surface area contributed by atoms with E-state index in [1.807, 2.05) is 38.1 Å². The maximum Gasteiger partial charge on any atom is 0.324 e. The van der Waals surface area contributed by atoms with Crippen LogP contribution < -0.4 is 10.6 Å². The number of urea groups is 1. The van der Waals surface area contributed by atoms with Crippen molar-refractivity contribution in [2.45, 2.75) is 33.2 Å². The first-order valence-corrected chi connectivity index (χ1v) is 8.61. The maximum atomic E-state index is 12.2. The van der Waals surface area contributed by atoms with Crippen molar-refractivity contribution in [1.29, 1.82) is 0 Å². The lowest BCUT2D eigenvalue weighted by Gasteiger charge is -2.08. The van der Waals surface area contributed by atoms with E-state index >= 15 is 0 Å². The summed E-state index contributed by atoms with van der Waals surface area (Å²) in [5, 5.41) is 14.3. The van der Waals surface area contributed by atoms with Gasteiger partial charge in [0.2, 0.25) is 0 Å². The van der Waals surface area contributed by atoms with Gasteiger partial charge in [0.1, 0.15) is 5.82 Å². The molecule has 2 N–H and O–H groups in total. The second kappa shape index (κ2) is 8.66. The number of rotatable bonds is 8. The third kappa shape index (κ3) is 6.22. The highest BCUT2D eigenvalue weighted by Gasteiger charge is 2.10. The van der Waals surface area contributed by atoms with Crippen LogP contribution in [-0.2, 0) is 20.0 Å². The van der Waals surface area contributed by atoms with Gasteiger partial charge in [0.25, 0.3) is 0 Å². The largest absolute Gasteiger partial charge is 0.324 e. The summed E-state index contributed by atoms with van der Waals surface area (Å²) in [5.74, 6) is 1.31. The van der Waals surface area contributed by atoms with Crippen LogP contribution in [0.4, 0.5) is 16.3 Å². The van der Waals surface area contributed by atoms with Crippen molar-refractivity contribution in [2.75, 3.05) is 31.3 Å². The topological polar surface area (TPSA) is 80.0 Å². The summed E-state index contributed by atoms with van der Waals surface area (Å²) >= 11 is 0. The molecular formula is C17H29N7O. The van der Waals surface area contributed by atoms with Crippen molar-refractivity contribution in [2.24, 2.45) is 13.0 Å². The molecule has 8 nitrogen and oxygen atoms in total. The minimum Gasteiger partial charge on any atom is -0.308 e. The number of nitrogens with one attached hydrogen (secondary N) is 2. The van der Waals surface area contributed by atoms with Crippen LogP contribution in [0.15, 0.2) is 18.5 Å². The van der Waals surface area contributed by atoms with E-state index in [0.717, 1.165) is 31.6 Å². The normalized spacial score (nSPS) is 11.3. The standard InChI is InChI=1S/C17H29N7O/c1-13(2)6-7-14-10-16(23(5)21-14)20-17(25)19-15-11-18-24(12-15)9-8-22(3)4/h10-13H,6-9H2,1-5H3,(H2,19,20,25). The first-order chi connectivity index (χ1) is 11.8. The highest BCUT2D eigenvalue weighted by atomic mass is 16.2. The molecule has 2 amide bonds. The molecule has 0 unspecified atom stereocenters. The molecule has 0 fully saturated rings. The van der Waals surface area contributed by atoms with E-state index in [2.05, 4.69) is 39.6 Å². The number of likely N-dealkylation sites (N-methyl/N-ethyl adjacent to an activating group) is 1. The number of amides is 2. The molecule has 0 atom stereocenters. The van der Waals surface area contributed by atoms with Crippen LogP contribution in [0.1, 0.15) is 26.0 Å². The fourth-order valence-corrected chi connectivity index (χ4v) is 2.33. The predicted molar refractivity (Wildman–Crippen MR) is 99.8 cm³/mol. The minimum absolute atomic E-state index is 0.300. The van der Waals surface area contributed by atoms with Gasteiger partial charge in [-0.3, -0.25) is 14.7 Å². The number of nitrogens with zero attached hydrogens (tertiary/aromatic N) is 5. The molecule has 25 heavy (non-hydrogen) atoms. The highest BCUT2D eigenvalue weighted by Crippen LogP contribution is 2.14. The molecule has 2 heterocycles. The van der Waals surface area contributed by atoms with Gasteiger partial charge in [-0.1, -0.05) is 13.8 Å². The molecule has 0 saturated carbocycles. The van der Waals surface area contributed by atoms with Crippen LogP contribution in [0.5, 0.6) is 0 Å². The van der Waals surface area contributed by atoms with Crippen LogP contribution in [0.2, 0.25) is 0 Å². The predicted octanol–water partition coefficient (Wildman–Crippen LogP) is 2.41. The summed E-state index contributed by atoms with van der Waals surface area (Å²) in [6.07, 6.45) is 5.45. The van der Waals surface area contributed by atoms with Crippen LogP contribution in [0, 0.1) is 5.92 Å². The van der Waals surface area contributed by atoms with Gasteiger partial charge in [-0.15, -0.1) is 0 Å². The minimum atomic E-state index is -0.300. The fraction of sp³-hybridized carbons (Fsp3) is 0.588. The molecule has 138 valence electrons. The Hall–Kier alpha value is -2.35. The second-order valence-corrected chi connectivity index (χ2v) is 6.95. The van der Waals surface area contributed by atoms with Gasteiger partial charge in [-0.25, -0.2) is 4.79 Å². The molecule has 0 spiro atoms. The Kier molecular flexibility index (Phi) is 6.58. The molecular weight excluding hydrogens is 318 g/mol. The molecule has 0 aliphatic carbocycles. The van der Waals surface area contributed by atoms with Crippen molar-refractivity contribution in [3.63, 3.8) is 0 Å². The molecule has 0 saturated heterocycles. The summed E-state index contributed by atoms with van der Waals surface area (Å²) in [6.45, 7) is 6.04. The second-order valence-electron chi connectivity index (χ2n) is 6.95. The van der Waals surface area contributed by atoms with Gasteiger partial charge in [0.05, 0.1) is 24.1 Å². The molecule has 0 radical (unpaired) electrons. The van der Waals surface area contributed by atoms with E-state index in [-0.39, 0.29) is 6.03 Å². The van der Waals surface area contributed by atoms with E-state index in [1.165, 1.54) is 0 Å². The molecule has 2 rings (SSSR count). The number of carbonyl (C=O) groups excluding carboxylic acids is 1. The average Bonchev–Trinajstić information content (AvgIpc) is 3.10. The van der Waals surface area contributed by atoms with Crippen molar-refractivity contribution >= 4 is 17.5 Å². The Morgan fingerprint density at radius 2 is 2.08 bits per heavy atom. The molecule has 2 aromatic heterocycles. The van der Waals surface area contributed by atoms with E-state index < -0.39 is 0 Å². The number of hydrogen-bond donors (Lipinski definition) is 2. The van der Waals surface area contributed by atoms with Crippen LogP contribution >= 0.6 is 0 Å². The Labute approximate surface area is 149 Å². The Morgan fingerprint density at radius 1 is 1.32 bits per heavy atom. The Morgan fingerprint density at radius 3 is 2.76 bits per heavy atom. The number of carbonyl (C=O) groups is 1. The zero-order valence-electron chi connectivity index (χ0n) is 15.8. The van der Waals surface area contributed by atoms with Crippen LogP contribution in [-0.4, -0.2) is 51.1 Å². The molecule has 0 aliphatic heterocycles. The quantitative estimate of drug-likeness (QED) is 0.768. The van der Waals surface area contributed by atoms with E-state index in [9.17, 15) is 4.79 Å². The SMILES string of the molecule is CC(C)CCc1cc(NC(=O)Nc2cnn(CCN(C)C)c2)n(C)n1. The number of aryl methyl sites for hydroxylation is 2. The van der Waals surface area contributed by atoms with E-state index in [0.29, 0.717) is 17.4 Å². The van der Waals surface area contributed by atoms with Gasteiger partial charge in [-0.2, -0.15) is 10.2 Å². The summed E-state index contributed by atoms with van der Waals surface area (Å²) in [4.78, 5) is 14.3. The van der Waals surface area contributed by atoms with Gasteiger partial charge in [-0.05, 0) is 32.9 Å². The zero-order valence-corrected chi connectivity index (χ0v) is 15.8. The fourth-order valence-electron chi connectivity index (χ4n) is 2.33. The van der Waals surface area contributed by atoms with E-state index in [1.54, 1.807) is 10.9 Å². The van der Waals surface area contributed by atoms with Crippen LogP contribution in [0.3, 0.4) is 0 Å². The third-order valence-electron chi connectivity index (χ3n) is 3.82. The summed E-state index contributed by atoms with van der Waals surface area (Å²) < 4.78 is 3.50. The average molecular weight is 347 g/mol. The zero-order chi connectivity index (χ0) is 18.4. The van der Waals surface area contributed by atoms with Crippen molar-refractivity contribution < 1.29 is 4.79 Å². The van der Waals surface area contributed by atoms with Gasteiger partial charge >= 0.3 is 6.03 Å². The van der Waals surface area contributed by atoms with E-state index in [4.69, 9.17) is 0 Å². The van der Waals surface area contributed by atoms with Gasteiger partial charge < -0.3 is 10.2 Å². The summed E-state index contributed by atoms with van der Waals surface area (Å²) in [6, 6.07) is 1.62. The number of aromatic nitrogens is 4. The molecule has 0 aromatic carbocycles. The maximum absolute atomic E-state index is 12.2. The molecule has 0 bridgehead atoms. The van der Waals surface area contributed by atoms with Gasteiger partial charge in [0, 0.05) is 25.9 Å². The monoisotopic (exact) mass is 347 g/mol. The van der Waals surface area contributed by atoms with Crippen molar-refractivity contribution in [1.82, 2.24) is 24.5 Å². The lowest BCUT2D eigenvalue weighted by atomic mass is 10.1.